The summed E-state index contributed by atoms with van der Waals surface area (Å²) < 4.78 is 0.770. The number of benzene rings is 2. The first kappa shape index (κ1) is 21.1. The molecule has 164 valence electrons. The van der Waals surface area contributed by atoms with E-state index in [1.807, 2.05) is 5.38 Å². The van der Waals surface area contributed by atoms with E-state index in [1.165, 1.54) is 22.3 Å². The third-order valence-corrected chi connectivity index (χ3v) is 7.12. The molecule has 0 aliphatic carbocycles. The standard InChI is InChI=1S/C23H14BrN3O5S/c24-12-8-16(33-10-12)19-17(20(28)11-4-2-1-3-5-11)21(29)22(30)27(19)13-6-7-15-14(9-13)18(23(31)32)26-25-15/h1-10,19,28H,(H,25,26)(H,31,32)/b20-17-/t19-/m1/s1. The summed E-state index contributed by atoms with van der Waals surface area (Å²) in [5, 5.41) is 29.1. The van der Waals surface area contributed by atoms with Crippen molar-refractivity contribution in [3.63, 3.8) is 0 Å². The first-order chi connectivity index (χ1) is 15.9. The second-order valence-electron chi connectivity index (χ2n) is 7.31. The summed E-state index contributed by atoms with van der Waals surface area (Å²) in [6.07, 6.45) is 0. The third kappa shape index (κ3) is 3.43. The summed E-state index contributed by atoms with van der Waals surface area (Å²) in [6.45, 7) is 0. The molecule has 0 unspecified atom stereocenters. The Bertz CT molecular complexity index is 1470. The minimum Gasteiger partial charge on any atom is -0.507 e. The lowest BCUT2D eigenvalue weighted by Crippen LogP contribution is -2.29. The molecule has 1 fully saturated rings. The molecule has 3 heterocycles. The number of hydrogen-bond acceptors (Lipinski definition) is 6. The number of nitrogens with zero attached hydrogens (tertiary/aromatic N) is 2. The smallest absolute Gasteiger partial charge is 0.357 e. The first-order valence-electron chi connectivity index (χ1n) is 9.68. The Morgan fingerprint density at radius 2 is 1.85 bits per heavy atom. The lowest BCUT2D eigenvalue weighted by Gasteiger charge is -2.24. The van der Waals surface area contributed by atoms with Crippen LogP contribution < -0.4 is 4.90 Å². The highest BCUT2D eigenvalue weighted by Gasteiger charge is 2.47. The van der Waals surface area contributed by atoms with Gasteiger partial charge in [-0.2, -0.15) is 5.10 Å². The molecule has 0 radical (unpaired) electrons. The number of carbonyl (C=O) groups excluding carboxylic acids is 2. The van der Waals surface area contributed by atoms with Crippen molar-refractivity contribution in [2.45, 2.75) is 6.04 Å². The van der Waals surface area contributed by atoms with E-state index in [9.17, 15) is 24.6 Å². The Labute approximate surface area is 198 Å². The monoisotopic (exact) mass is 523 g/mol. The molecule has 0 bridgehead atoms. The highest BCUT2D eigenvalue weighted by atomic mass is 79.9. The van der Waals surface area contributed by atoms with Crippen molar-refractivity contribution >= 4 is 67.3 Å². The van der Waals surface area contributed by atoms with E-state index >= 15 is 0 Å². The van der Waals surface area contributed by atoms with Crippen LogP contribution in [0.15, 0.2) is 70.0 Å². The van der Waals surface area contributed by atoms with Crippen LogP contribution >= 0.6 is 27.3 Å². The molecule has 10 heteroatoms. The molecule has 2 aromatic carbocycles. The maximum absolute atomic E-state index is 13.2. The number of carboxylic acid groups (broad SMARTS) is 1. The molecule has 5 rings (SSSR count). The van der Waals surface area contributed by atoms with Crippen LogP contribution in [0.3, 0.4) is 0 Å². The van der Waals surface area contributed by atoms with Crippen LogP contribution in [-0.2, 0) is 9.59 Å². The normalized spacial score (nSPS) is 17.7. The van der Waals surface area contributed by atoms with Gasteiger partial charge in [-0.05, 0) is 40.2 Å². The number of halogens is 1. The number of ketones is 1. The molecular formula is C23H14BrN3O5S. The van der Waals surface area contributed by atoms with Gasteiger partial charge in [-0.1, -0.05) is 30.3 Å². The molecule has 8 nitrogen and oxygen atoms in total. The summed E-state index contributed by atoms with van der Waals surface area (Å²) in [5.41, 5.74) is 0.978. The number of nitrogens with one attached hydrogen (secondary N) is 1. The van der Waals surface area contributed by atoms with Crippen molar-refractivity contribution in [2.75, 3.05) is 4.90 Å². The van der Waals surface area contributed by atoms with Crippen LogP contribution in [0.2, 0.25) is 0 Å². The number of aliphatic hydroxyl groups excluding tert-OH is 1. The zero-order valence-corrected chi connectivity index (χ0v) is 19.1. The van der Waals surface area contributed by atoms with Crippen LogP contribution in [0.25, 0.3) is 16.7 Å². The SMILES string of the molecule is O=C1C(=O)N(c2ccc3[nH]nc(C(=O)O)c3c2)[C@H](c2cc(Br)cs2)/C1=C(/O)c1ccccc1. The molecule has 1 aliphatic rings. The summed E-state index contributed by atoms with van der Waals surface area (Å²) in [5.74, 6) is -3.14. The van der Waals surface area contributed by atoms with Gasteiger partial charge in [-0.15, -0.1) is 11.3 Å². The number of amides is 1. The summed E-state index contributed by atoms with van der Waals surface area (Å²) >= 11 is 4.73. The number of H-pyrrole nitrogens is 1. The van der Waals surface area contributed by atoms with Crippen molar-refractivity contribution in [3.05, 3.63) is 86.2 Å². The summed E-state index contributed by atoms with van der Waals surface area (Å²) in [7, 11) is 0. The van der Waals surface area contributed by atoms with E-state index in [1.54, 1.807) is 48.5 Å². The van der Waals surface area contributed by atoms with Crippen molar-refractivity contribution in [3.8, 4) is 0 Å². The fourth-order valence-electron chi connectivity index (χ4n) is 3.91. The van der Waals surface area contributed by atoms with Gasteiger partial charge in [0.2, 0.25) is 0 Å². The zero-order valence-electron chi connectivity index (χ0n) is 16.7. The molecule has 0 saturated carbocycles. The quantitative estimate of drug-likeness (QED) is 0.202. The number of aromatic nitrogens is 2. The van der Waals surface area contributed by atoms with Gasteiger partial charge in [0.15, 0.2) is 5.69 Å². The predicted molar refractivity (Wildman–Crippen MR) is 126 cm³/mol. The highest BCUT2D eigenvalue weighted by Crippen LogP contribution is 2.45. The minimum absolute atomic E-state index is 0.0358. The van der Waals surface area contributed by atoms with E-state index in [2.05, 4.69) is 26.1 Å². The van der Waals surface area contributed by atoms with Gasteiger partial charge in [0.05, 0.1) is 11.1 Å². The Balaban J connectivity index is 1.74. The van der Waals surface area contributed by atoms with E-state index in [4.69, 9.17) is 0 Å². The number of fused-ring (bicyclic) bond motifs is 1. The average molecular weight is 524 g/mol. The Kier molecular flexibility index (Phi) is 5.10. The van der Waals surface area contributed by atoms with Crippen LogP contribution in [0.1, 0.15) is 27.0 Å². The van der Waals surface area contributed by atoms with Crippen LogP contribution in [-0.4, -0.2) is 38.1 Å². The van der Waals surface area contributed by atoms with Crippen LogP contribution in [0.4, 0.5) is 5.69 Å². The molecule has 2 aromatic heterocycles. The first-order valence-corrected chi connectivity index (χ1v) is 11.4. The predicted octanol–water partition coefficient (Wildman–Crippen LogP) is 4.71. The topological polar surface area (TPSA) is 124 Å². The zero-order chi connectivity index (χ0) is 23.3. The fraction of sp³-hybridized carbons (Fsp3) is 0.0435. The van der Waals surface area contributed by atoms with Crippen molar-refractivity contribution in [1.29, 1.82) is 0 Å². The van der Waals surface area contributed by atoms with Crippen LogP contribution in [0.5, 0.6) is 0 Å². The highest BCUT2D eigenvalue weighted by molar-refractivity contribution is 9.10. The van der Waals surface area contributed by atoms with Gasteiger partial charge in [-0.25, -0.2) is 4.79 Å². The lowest BCUT2D eigenvalue weighted by atomic mass is 9.99. The number of aromatic carboxylic acids is 1. The van der Waals surface area contributed by atoms with Gasteiger partial charge in [-0.3, -0.25) is 19.6 Å². The van der Waals surface area contributed by atoms with Gasteiger partial charge in [0, 0.05) is 31.4 Å². The molecule has 3 N–H and O–H groups in total. The molecule has 4 aromatic rings. The third-order valence-electron chi connectivity index (χ3n) is 5.38. The molecule has 1 atom stereocenters. The molecule has 1 saturated heterocycles. The number of carbonyl (C=O) groups is 3. The van der Waals surface area contributed by atoms with Crippen LogP contribution in [0, 0.1) is 0 Å². The molecule has 1 amide bonds. The van der Waals surface area contributed by atoms with Crippen molar-refractivity contribution in [2.24, 2.45) is 0 Å². The summed E-state index contributed by atoms with van der Waals surface area (Å²) in [6, 6.07) is 14.1. The van der Waals surface area contributed by atoms with Gasteiger partial charge in [0.25, 0.3) is 11.7 Å². The number of thiophene rings is 1. The average Bonchev–Trinajstić information content (AvgIpc) is 3.50. The number of hydrogen-bond donors (Lipinski definition) is 3. The van der Waals surface area contributed by atoms with E-state index < -0.39 is 23.7 Å². The Morgan fingerprint density at radius 3 is 2.52 bits per heavy atom. The molecular weight excluding hydrogens is 510 g/mol. The fourth-order valence-corrected chi connectivity index (χ4v) is 5.45. The number of aliphatic hydroxyl groups is 1. The number of Topliss-reactive ketones (excluding diaryl/α,β-unsaturated/α-hetero) is 1. The number of rotatable bonds is 4. The van der Waals surface area contributed by atoms with E-state index in [-0.39, 0.29) is 17.0 Å². The van der Waals surface area contributed by atoms with Gasteiger partial charge in [0.1, 0.15) is 11.8 Å². The molecule has 1 aliphatic heterocycles. The molecule has 33 heavy (non-hydrogen) atoms. The maximum Gasteiger partial charge on any atom is 0.357 e. The molecule has 0 spiro atoms. The Morgan fingerprint density at radius 1 is 1.09 bits per heavy atom. The lowest BCUT2D eigenvalue weighted by molar-refractivity contribution is -0.132. The maximum atomic E-state index is 13.2. The van der Waals surface area contributed by atoms with E-state index in [0.29, 0.717) is 27.0 Å². The van der Waals surface area contributed by atoms with Crippen molar-refractivity contribution < 1.29 is 24.6 Å². The number of anilines is 1. The second kappa shape index (κ2) is 7.98. The van der Waals surface area contributed by atoms with Crippen molar-refractivity contribution in [1.82, 2.24) is 10.2 Å². The largest absolute Gasteiger partial charge is 0.507 e. The van der Waals surface area contributed by atoms with E-state index in [0.717, 1.165) is 4.47 Å². The Hall–Kier alpha value is -3.76. The number of aromatic amines is 1. The minimum atomic E-state index is -1.22. The van der Waals surface area contributed by atoms with Gasteiger partial charge >= 0.3 is 5.97 Å². The number of carboxylic acids is 1. The van der Waals surface area contributed by atoms with Gasteiger partial charge < -0.3 is 10.2 Å². The second-order valence-corrected chi connectivity index (χ2v) is 9.17. The summed E-state index contributed by atoms with van der Waals surface area (Å²) in [4.78, 5) is 39.9.